The molecule has 1 saturated heterocycles. The molecular weight excluding hydrogens is 298 g/mol. The molecule has 0 aliphatic carbocycles. The summed E-state index contributed by atoms with van der Waals surface area (Å²) in [6, 6.07) is 0. The zero-order chi connectivity index (χ0) is 15.9. The smallest absolute Gasteiger partial charge is 0.348 e. The zero-order valence-corrected chi connectivity index (χ0v) is 12.0. The number of halogens is 1. The predicted molar refractivity (Wildman–Crippen MR) is 73.3 cm³/mol. The molecule has 0 saturated carbocycles. The second kappa shape index (κ2) is 7.32. The van der Waals surface area contributed by atoms with E-state index in [0.29, 0.717) is 0 Å². The van der Waals surface area contributed by atoms with E-state index >= 15 is 0 Å². The highest BCUT2D eigenvalue weighted by molar-refractivity contribution is 6.20. The summed E-state index contributed by atoms with van der Waals surface area (Å²) >= 11 is 5.56. The molecule has 0 N–H and O–H groups in total. The van der Waals surface area contributed by atoms with Gasteiger partial charge in [-0.2, -0.15) is 0 Å². The van der Waals surface area contributed by atoms with Gasteiger partial charge >= 0.3 is 11.9 Å². The summed E-state index contributed by atoms with van der Waals surface area (Å²) in [5.74, 6) is -3.30. The van der Waals surface area contributed by atoms with Crippen molar-refractivity contribution in [3.63, 3.8) is 0 Å². The molecule has 0 amide bonds. The highest BCUT2D eigenvalue weighted by Crippen LogP contribution is 2.24. The number of allylic oxidation sites excluding steroid dienone is 2. The second-order valence-corrected chi connectivity index (χ2v) is 4.42. The summed E-state index contributed by atoms with van der Waals surface area (Å²) < 4.78 is 9.86. The maximum absolute atomic E-state index is 11.7. The molecule has 1 rings (SSSR count). The molecule has 0 spiro atoms. The molecule has 1 aliphatic rings. The third-order valence-electron chi connectivity index (χ3n) is 2.36. The van der Waals surface area contributed by atoms with Crippen LogP contribution in [0.4, 0.5) is 0 Å². The van der Waals surface area contributed by atoms with Crippen LogP contribution in [0.25, 0.3) is 9.69 Å². The summed E-state index contributed by atoms with van der Waals surface area (Å²) in [6.07, 6.45) is 4.01. The second-order valence-electron chi connectivity index (χ2n) is 4.16. The minimum Gasteiger partial charge on any atom is -0.418 e. The lowest BCUT2D eigenvalue weighted by molar-refractivity contribution is -0.221. The molecule has 1 aliphatic heterocycles. The van der Waals surface area contributed by atoms with Crippen LogP contribution in [0.3, 0.4) is 0 Å². The van der Waals surface area contributed by atoms with Crippen molar-refractivity contribution in [3.8, 4) is 0 Å². The predicted octanol–water partition coefficient (Wildman–Crippen LogP) is 1.54. The van der Waals surface area contributed by atoms with Crippen molar-refractivity contribution in [2.45, 2.75) is 12.7 Å². The number of carbonyl (C=O) groups excluding carboxylic acids is 2. The molecule has 7 nitrogen and oxygen atoms in total. The molecule has 0 aromatic heterocycles. The molecule has 110 valence electrons. The van der Waals surface area contributed by atoms with Gasteiger partial charge in [0.1, 0.15) is 5.57 Å². The number of cyclic esters (lactones) is 2. The van der Waals surface area contributed by atoms with Gasteiger partial charge in [0, 0.05) is 13.1 Å². The highest BCUT2D eigenvalue weighted by atomic mass is 35.5. The van der Waals surface area contributed by atoms with Gasteiger partial charge in [-0.15, -0.1) is 11.6 Å². The topological polar surface area (TPSA) is 64.6 Å². The molecule has 0 aromatic rings. The lowest BCUT2D eigenvalue weighted by atomic mass is 10.2. The van der Waals surface area contributed by atoms with Crippen LogP contribution in [0.1, 0.15) is 6.92 Å². The summed E-state index contributed by atoms with van der Waals surface area (Å²) in [5.41, 5.74) is -0.278. The Bertz CT molecular complexity index is 535. The Morgan fingerprint density at radius 2 is 1.76 bits per heavy atom. The number of nitrogens with zero attached hydrogens (tertiary/aromatic N) is 3. The monoisotopic (exact) mass is 309 g/mol. The van der Waals surface area contributed by atoms with Crippen LogP contribution in [-0.4, -0.2) is 41.8 Å². The van der Waals surface area contributed by atoms with E-state index < -0.39 is 17.7 Å². The fraction of sp³-hybridized carbons (Fsp3) is 0.385. The van der Waals surface area contributed by atoms with Gasteiger partial charge in [-0.25, -0.2) is 27.6 Å². The minimum atomic E-state index is -1.46. The van der Waals surface area contributed by atoms with Gasteiger partial charge in [-0.3, -0.25) is 9.69 Å². The summed E-state index contributed by atoms with van der Waals surface area (Å²) in [6.45, 7) is 14.9. The highest BCUT2D eigenvalue weighted by Gasteiger charge is 2.41. The maximum atomic E-state index is 11.7. The lowest BCUT2D eigenvalue weighted by Crippen LogP contribution is -2.45. The molecule has 0 bridgehead atoms. The minimum absolute atomic E-state index is 0.00126. The van der Waals surface area contributed by atoms with E-state index in [2.05, 4.69) is 9.69 Å². The van der Waals surface area contributed by atoms with Crippen LogP contribution in [0, 0.1) is 13.1 Å². The first-order valence-electron chi connectivity index (χ1n) is 5.77. The number of esters is 2. The number of hydrogen-bond acceptors (Lipinski definition) is 5. The number of rotatable bonds is 5. The van der Waals surface area contributed by atoms with Crippen LogP contribution in [0.5, 0.6) is 0 Å². The van der Waals surface area contributed by atoms with Gasteiger partial charge in [-0.1, -0.05) is 0 Å². The first-order valence-corrected chi connectivity index (χ1v) is 6.31. The molecule has 0 radical (unpaired) electrons. The number of carbonyl (C=O) groups is 2. The van der Waals surface area contributed by atoms with E-state index in [-0.39, 0.29) is 24.8 Å². The molecule has 21 heavy (non-hydrogen) atoms. The molecule has 1 heterocycles. The molecule has 0 aromatic carbocycles. The first-order chi connectivity index (χ1) is 9.95. The fourth-order valence-electron chi connectivity index (χ4n) is 1.38. The lowest BCUT2D eigenvalue weighted by Gasteiger charge is -2.31. The number of hydrogen-bond donors (Lipinski definition) is 0. The maximum Gasteiger partial charge on any atom is 0.348 e. The van der Waals surface area contributed by atoms with Crippen LogP contribution in [-0.2, 0) is 19.1 Å². The van der Waals surface area contributed by atoms with Crippen LogP contribution >= 0.6 is 11.6 Å². The van der Waals surface area contributed by atoms with E-state index in [0.717, 1.165) is 0 Å². The van der Waals surface area contributed by atoms with Crippen molar-refractivity contribution >= 4 is 23.5 Å². The van der Waals surface area contributed by atoms with Crippen molar-refractivity contribution in [2.75, 3.05) is 19.2 Å². The van der Waals surface area contributed by atoms with Crippen molar-refractivity contribution in [1.29, 1.82) is 0 Å². The van der Waals surface area contributed by atoms with Crippen molar-refractivity contribution in [1.82, 2.24) is 4.90 Å². The van der Waals surface area contributed by atoms with Gasteiger partial charge in [0.25, 0.3) is 19.1 Å². The summed E-state index contributed by atoms with van der Waals surface area (Å²) in [4.78, 5) is 31.1. The van der Waals surface area contributed by atoms with Gasteiger partial charge in [0.2, 0.25) is 0 Å². The quantitative estimate of drug-likeness (QED) is 0.253. The van der Waals surface area contributed by atoms with Gasteiger partial charge in [0.05, 0.1) is 5.88 Å². The first kappa shape index (κ1) is 16.5. The van der Waals surface area contributed by atoms with E-state index in [1.165, 1.54) is 30.2 Å². The third-order valence-corrected chi connectivity index (χ3v) is 2.85. The molecule has 0 unspecified atom stereocenters. The van der Waals surface area contributed by atoms with E-state index in [9.17, 15) is 9.59 Å². The Balaban J connectivity index is 2.82. The van der Waals surface area contributed by atoms with Crippen molar-refractivity contribution in [3.05, 3.63) is 46.8 Å². The standard InChI is InChI=1S/C13H12ClN3O4/c1-13(7-14)20-11(18)10(12(19)21-13)5-4-6-17(8-15-2)9-16-3/h4-6H,7-9H2,1H3. The Kier molecular flexibility index (Phi) is 5.77. The van der Waals surface area contributed by atoms with Gasteiger partial charge < -0.3 is 9.47 Å². The van der Waals surface area contributed by atoms with Gasteiger partial charge in [0.15, 0.2) is 0 Å². The molecule has 8 heteroatoms. The van der Waals surface area contributed by atoms with E-state index in [4.69, 9.17) is 34.2 Å². The summed E-state index contributed by atoms with van der Waals surface area (Å²) in [5, 5.41) is 0. The van der Waals surface area contributed by atoms with Crippen LogP contribution in [0.15, 0.2) is 23.9 Å². The average Bonchev–Trinajstić information content (AvgIpc) is 2.42. The molecule has 0 atom stereocenters. The summed E-state index contributed by atoms with van der Waals surface area (Å²) in [7, 11) is 0. The zero-order valence-electron chi connectivity index (χ0n) is 11.2. The SMILES string of the molecule is [C-]#[N+]CN(C=CC=C1C(=O)OC(C)(CCl)OC1=O)C[N+]#[C-]. The third kappa shape index (κ3) is 4.51. The average molecular weight is 310 g/mol. The van der Waals surface area contributed by atoms with Gasteiger partial charge in [-0.05, 0) is 12.2 Å². The Labute approximate surface area is 127 Å². The molecule has 1 fully saturated rings. The Morgan fingerprint density at radius 3 is 2.19 bits per heavy atom. The Hall–Kier alpha value is -2.51. The van der Waals surface area contributed by atoms with Crippen molar-refractivity contribution in [2.24, 2.45) is 0 Å². The van der Waals surface area contributed by atoms with Crippen LogP contribution in [0.2, 0.25) is 0 Å². The molecular formula is C13H12ClN3O4. The number of ether oxygens (including phenoxy) is 2. The number of alkyl halides is 1. The van der Waals surface area contributed by atoms with E-state index in [1.807, 2.05) is 0 Å². The fourth-order valence-corrected chi connectivity index (χ4v) is 1.49. The van der Waals surface area contributed by atoms with Crippen LogP contribution < -0.4 is 0 Å². The van der Waals surface area contributed by atoms with E-state index in [1.54, 1.807) is 0 Å². The van der Waals surface area contributed by atoms with Crippen molar-refractivity contribution < 1.29 is 19.1 Å². The normalized spacial score (nSPS) is 21.2. The Morgan fingerprint density at radius 1 is 1.24 bits per heavy atom. The largest absolute Gasteiger partial charge is 0.418 e.